The van der Waals surface area contributed by atoms with Crippen molar-refractivity contribution in [1.29, 1.82) is 0 Å². The standard InChI is InChI=1S/C53H32N2S/c1-2-13-34-30-37(27-24-33(34)12-1)54-46-20-7-4-15-39(46)41-31-35(26-29-48(41)54)36-25-28-44-51(32-36)56-50-23-10-6-18-43(50)53(44)42-17-5-9-22-49(42)55-47-21-8-3-14-38(47)40-16-11-19-45(53)52(40)55/h1-32H. The van der Waals surface area contributed by atoms with E-state index in [-0.39, 0.29) is 0 Å². The molecule has 0 aliphatic carbocycles. The Morgan fingerprint density at radius 2 is 0.982 bits per heavy atom. The molecule has 1 unspecified atom stereocenters. The number of fused-ring (bicyclic) bond motifs is 15. The van der Waals surface area contributed by atoms with Gasteiger partial charge in [0.25, 0.3) is 0 Å². The molecule has 2 aliphatic rings. The first kappa shape index (κ1) is 30.5. The lowest BCUT2D eigenvalue weighted by Gasteiger charge is -2.45. The third-order valence-electron chi connectivity index (χ3n) is 12.5. The molecular formula is C53H32N2S. The monoisotopic (exact) mass is 728 g/mol. The van der Waals surface area contributed by atoms with Gasteiger partial charge in [-0.2, -0.15) is 0 Å². The Labute approximate surface area is 327 Å². The minimum Gasteiger partial charge on any atom is -0.309 e. The lowest BCUT2D eigenvalue weighted by Crippen LogP contribution is -2.37. The summed E-state index contributed by atoms with van der Waals surface area (Å²) in [6.45, 7) is 0. The lowest BCUT2D eigenvalue weighted by molar-refractivity contribution is 0.690. The largest absolute Gasteiger partial charge is 0.309 e. The molecule has 0 fully saturated rings. The molecule has 56 heavy (non-hydrogen) atoms. The SMILES string of the molecule is c1ccc2c(c1)Sc1cc(-c3ccc4c(c3)c3ccccc3n4-c3ccc4ccccc4c3)ccc1C21c2ccccc2-n2c3ccccc3c3cccc1c32. The third-order valence-corrected chi connectivity index (χ3v) is 13.7. The van der Waals surface area contributed by atoms with Crippen LogP contribution in [0.5, 0.6) is 0 Å². The zero-order valence-electron chi connectivity index (χ0n) is 30.3. The van der Waals surface area contributed by atoms with Gasteiger partial charge in [-0.15, -0.1) is 0 Å². The number of nitrogens with zero attached hydrogens (tertiary/aromatic N) is 2. The van der Waals surface area contributed by atoms with Gasteiger partial charge in [-0.25, -0.2) is 0 Å². The highest BCUT2D eigenvalue weighted by Gasteiger charge is 2.49. The molecule has 13 rings (SSSR count). The fraction of sp³-hybridized carbons (Fsp3) is 0.0189. The zero-order valence-corrected chi connectivity index (χ0v) is 31.1. The van der Waals surface area contributed by atoms with E-state index in [0.29, 0.717) is 0 Å². The summed E-state index contributed by atoms with van der Waals surface area (Å²) in [4.78, 5) is 2.61. The molecule has 0 saturated heterocycles. The number of hydrogen-bond acceptors (Lipinski definition) is 1. The van der Waals surface area contributed by atoms with Crippen molar-refractivity contribution in [2.24, 2.45) is 0 Å². The molecule has 2 aliphatic heterocycles. The quantitative estimate of drug-likeness (QED) is 0.172. The molecule has 0 bridgehead atoms. The second-order valence-corrected chi connectivity index (χ2v) is 16.3. The van der Waals surface area contributed by atoms with Crippen molar-refractivity contribution in [1.82, 2.24) is 9.13 Å². The highest BCUT2D eigenvalue weighted by atomic mass is 32.2. The van der Waals surface area contributed by atoms with Crippen molar-refractivity contribution in [3.05, 3.63) is 216 Å². The molecule has 260 valence electrons. The van der Waals surface area contributed by atoms with E-state index in [1.165, 1.54) is 109 Å². The van der Waals surface area contributed by atoms with E-state index in [9.17, 15) is 0 Å². The zero-order chi connectivity index (χ0) is 36.5. The van der Waals surface area contributed by atoms with Gasteiger partial charge in [-0.1, -0.05) is 151 Å². The van der Waals surface area contributed by atoms with Crippen LogP contribution < -0.4 is 0 Å². The molecule has 0 saturated carbocycles. The summed E-state index contributed by atoms with van der Waals surface area (Å²) in [5, 5.41) is 7.63. The molecule has 11 aromatic rings. The van der Waals surface area contributed by atoms with Crippen molar-refractivity contribution in [2.45, 2.75) is 15.2 Å². The van der Waals surface area contributed by atoms with Crippen molar-refractivity contribution >= 4 is 66.1 Å². The molecule has 9 aromatic carbocycles. The number of benzene rings is 9. The maximum absolute atomic E-state index is 2.52. The number of rotatable bonds is 2. The molecule has 0 amide bonds. The van der Waals surface area contributed by atoms with Gasteiger partial charge in [0.15, 0.2) is 0 Å². The smallest absolute Gasteiger partial charge is 0.0764 e. The van der Waals surface area contributed by atoms with Crippen molar-refractivity contribution < 1.29 is 0 Å². The summed E-state index contributed by atoms with van der Waals surface area (Å²) >= 11 is 1.91. The molecular weight excluding hydrogens is 697 g/mol. The molecule has 4 heterocycles. The third kappa shape index (κ3) is 3.87. The normalized spacial score (nSPS) is 15.5. The minimum absolute atomic E-state index is 0.479. The highest BCUT2D eigenvalue weighted by Crippen LogP contribution is 2.60. The van der Waals surface area contributed by atoms with Crippen LogP contribution in [-0.4, -0.2) is 9.13 Å². The Kier molecular flexibility index (Phi) is 6.06. The van der Waals surface area contributed by atoms with Gasteiger partial charge in [0.2, 0.25) is 0 Å². The van der Waals surface area contributed by atoms with Crippen molar-refractivity contribution in [2.75, 3.05) is 0 Å². The summed E-state index contributed by atoms with van der Waals surface area (Å²) in [5.41, 5.74) is 14.8. The van der Waals surface area contributed by atoms with Gasteiger partial charge in [-0.3, -0.25) is 0 Å². The van der Waals surface area contributed by atoms with Crippen LogP contribution in [0.15, 0.2) is 204 Å². The average molecular weight is 729 g/mol. The van der Waals surface area contributed by atoms with Crippen LogP contribution in [0.4, 0.5) is 0 Å². The first-order valence-corrected chi connectivity index (χ1v) is 20.2. The maximum Gasteiger partial charge on any atom is 0.0764 e. The predicted octanol–water partition coefficient (Wildman–Crippen LogP) is 13.9. The second kappa shape index (κ2) is 11.1. The number of hydrogen-bond donors (Lipinski definition) is 0. The van der Waals surface area contributed by atoms with Crippen LogP contribution in [0.3, 0.4) is 0 Å². The first-order chi connectivity index (χ1) is 27.8. The predicted molar refractivity (Wildman–Crippen MR) is 234 cm³/mol. The summed E-state index contributed by atoms with van der Waals surface area (Å²) < 4.78 is 4.94. The summed E-state index contributed by atoms with van der Waals surface area (Å²) in [6, 6.07) is 72.6. The fourth-order valence-corrected chi connectivity index (χ4v) is 11.5. The molecule has 1 atom stereocenters. The van der Waals surface area contributed by atoms with Gasteiger partial charge >= 0.3 is 0 Å². The van der Waals surface area contributed by atoms with Crippen LogP contribution in [0.25, 0.3) is 76.9 Å². The maximum atomic E-state index is 2.52. The Hall–Kier alpha value is -6.81. The average Bonchev–Trinajstić information content (AvgIpc) is 3.78. The molecule has 0 radical (unpaired) electrons. The summed E-state index contributed by atoms with van der Waals surface area (Å²) in [7, 11) is 0. The van der Waals surface area contributed by atoms with Gasteiger partial charge in [0, 0.05) is 37.0 Å². The van der Waals surface area contributed by atoms with Crippen LogP contribution in [-0.2, 0) is 5.41 Å². The summed E-state index contributed by atoms with van der Waals surface area (Å²) in [5.74, 6) is 0. The van der Waals surface area contributed by atoms with Crippen LogP contribution >= 0.6 is 11.8 Å². The number of aromatic nitrogens is 2. The van der Waals surface area contributed by atoms with Gasteiger partial charge in [-0.05, 0) is 98.8 Å². The van der Waals surface area contributed by atoms with Gasteiger partial charge in [0.05, 0.1) is 33.2 Å². The van der Waals surface area contributed by atoms with Crippen LogP contribution in [0.1, 0.15) is 22.3 Å². The lowest BCUT2D eigenvalue weighted by atomic mass is 9.62. The van der Waals surface area contributed by atoms with E-state index >= 15 is 0 Å². The van der Waals surface area contributed by atoms with E-state index < -0.39 is 5.41 Å². The van der Waals surface area contributed by atoms with Crippen molar-refractivity contribution in [3.8, 4) is 22.5 Å². The molecule has 3 heteroatoms. The van der Waals surface area contributed by atoms with E-state index in [1.807, 2.05) is 11.8 Å². The van der Waals surface area contributed by atoms with Gasteiger partial charge in [0.1, 0.15) is 0 Å². The van der Waals surface area contributed by atoms with E-state index in [1.54, 1.807) is 0 Å². The second-order valence-electron chi connectivity index (χ2n) is 15.2. The molecule has 1 spiro atoms. The Balaban J connectivity index is 1.05. The fourth-order valence-electron chi connectivity index (χ4n) is 10.3. The highest BCUT2D eigenvalue weighted by molar-refractivity contribution is 7.99. The summed E-state index contributed by atoms with van der Waals surface area (Å²) in [6.07, 6.45) is 0. The molecule has 2 nitrogen and oxygen atoms in total. The Morgan fingerprint density at radius 3 is 1.88 bits per heavy atom. The number of para-hydroxylation sites is 4. The van der Waals surface area contributed by atoms with E-state index in [4.69, 9.17) is 0 Å². The molecule has 2 aromatic heterocycles. The Bertz CT molecular complexity index is 3470. The van der Waals surface area contributed by atoms with Crippen LogP contribution in [0, 0.1) is 0 Å². The Morgan fingerprint density at radius 1 is 0.357 bits per heavy atom. The topological polar surface area (TPSA) is 9.86 Å². The van der Waals surface area contributed by atoms with Gasteiger partial charge < -0.3 is 9.13 Å². The minimum atomic E-state index is -0.479. The van der Waals surface area contributed by atoms with E-state index in [2.05, 4.69) is 203 Å². The van der Waals surface area contributed by atoms with Crippen LogP contribution in [0.2, 0.25) is 0 Å². The first-order valence-electron chi connectivity index (χ1n) is 19.3. The van der Waals surface area contributed by atoms with E-state index in [0.717, 1.165) is 0 Å². The molecule has 0 N–H and O–H groups in total. The van der Waals surface area contributed by atoms with Crippen molar-refractivity contribution in [3.63, 3.8) is 0 Å².